The van der Waals surface area contributed by atoms with Crippen molar-refractivity contribution in [1.29, 1.82) is 0 Å². The van der Waals surface area contributed by atoms with E-state index in [0.29, 0.717) is 6.04 Å². The molecule has 2 N–H and O–H groups in total. The number of hydrogen-bond donors (Lipinski definition) is 2. The zero-order valence-corrected chi connectivity index (χ0v) is 11.3. The van der Waals surface area contributed by atoms with E-state index in [0.717, 1.165) is 24.8 Å². The van der Waals surface area contributed by atoms with Gasteiger partial charge in [0.15, 0.2) is 0 Å². The first-order valence-electron chi connectivity index (χ1n) is 7.72. The monoisotopic (exact) mass is 239 g/mol. The van der Waals surface area contributed by atoms with E-state index in [4.69, 9.17) is 0 Å². The van der Waals surface area contributed by atoms with Crippen LogP contribution in [0.3, 0.4) is 0 Å². The number of nitrogens with one attached hydrogen (secondary N) is 1. The van der Waals surface area contributed by atoms with E-state index in [2.05, 4.69) is 12.2 Å². The van der Waals surface area contributed by atoms with Crippen LogP contribution in [0.4, 0.5) is 0 Å². The lowest BCUT2D eigenvalue weighted by Gasteiger charge is -2.34. The first-order valence-corrected chi connectivity index (χ1v) is 7.72. The predicted molar refractivity (Wildman–Crippen MR) is 72.1 cm³/mol. The highest BCUT2D eigenvalue weighted by Gasteiger charge is 2.25. The summed E-state index contributed by atoms with van der Waals surface area (Å²) in [4.78, 5) is 0. The van der Waals surface area contributed by atoms with E-state index in [1.807, 2.05) is 0 Å². The normalized spacial score (nSPS) is 39.2. The van der Waals surface area contributed by atoms with Gasteiger partial charge in [0.05, 0.1) is 6.10 Å². The van der Waals surface area contributed by atoms with Crippen molar-refractivity contribution in [3.8, 4) is 0 Å². The van der Waals surface area contributed by atoms with Gasteiger partial charge < -0.3 is 10.4 Å². The van der Waals surface area contributed by atoms with Crippen LogP contribution in [0.2, 0.25) is 0 Å². The summed E-state index contributed by atoms with van der Waals surface area (Å²) in [6, 6.07) is 1.45. The van der Waals surface area contributed by atoms with Crippen LogP contribution in [0.5, 0.6) is 0 Å². The molecule has 2 saturated carbocycles. The Morgan fingerprint density at radius 1 is 0.882 bits per heavy atom. The van der Waals surface area contributed by atoms with Gasteiger partial charge in [-0.25, -0.2) is 0 Å². The first-order chi connectivity index (χ1) is 8.28. The van der Waals surface area contributed by atoms with E-state index in [1.54, 1.807) is 0 Å². The molecule has 2 fully saturated rings. The molecule has 2 heteroatoms. The number of aliphatic hydroxyl groups excluding tert-OH is 1. The van der Waals surface area contributed by atoms with Crippen LogP contribution in [-0.2, 0) is 0 Å². The van der Waals surface area contributed by atoms with Gasteiger partial charge in [-0.1, -0.05) is 19.8 Å². The molecular weight excluding hydrogens is 210 g/mol. The van der Waals surface area contributed by atoms with Gasteiger partial charge in [0.1, 0.15) is 0 Å². The maximum atomic E-state index is 9.50. The Labute approximate surface area is 106 Å². The summed E-state index contributed by atoms with van der Waals surface area (Å²) in [5.74, 6) is 1.01. The molecule has 0 atom stereocenters. The lowest BCUT2D eigenvalue weighted by molar-refractivity contribution is 0.111. The number of hydrogen-bond acceptors (Lipinski definition) is 2. The Balaban J connectivity index is 1.64. The van der Waals surface area contributed by atoms with Gasteiger partial charge in [0.2, 0.25) is 0 Å². The molecule has 0 unspecified atom stereocenters. The number of rotatable bonds is 4. The predicted octanol–water partition coefficient (Wildman–Crippen LogP) is 3.24. The summed E-state index contributed by atoms with van der Waals surface area (Å²) >= 11 is 0. The topological polar surface area (TPSA) is 32.3 Å². The second-order valence-corrected chi connectivity index (χ2v) is 6.18. The van der Waals surface area contributed by atoms with Crippen LogP contribution in [0, 0.1) is 5.92 Å². The quantitative estimate of drug-likeness (QED) is 0.789. The third-order valence-electron chi connectivity index (χ3n) is 4.71. The van der Waals surface area contributed by atoms with E-state index in [1.165, 1.54) is 51.4 Å². The summed E-state index contributed by atoms with van der Waals surface area (Å²) in [7, 11) is 0. The molecular formula is C15H29NO. The molecule has 2 nitrogen and oxygen atoms in total. The Hall–Kier alpha value is -0.0800. The largest absolute Gasteiger partial charge is 0.393 e. The minimum atomic E-state index is -0.0201. The van der Waals surface area contributed by atoms with Crippen LogP contribution >= 0.6 is 0 Å². The Kier molecular flexibility index (Phi) is 5.30. The molecule has 0 aromatic rings. The Bertz CT molecular complexity index is 203. The molecule has 0 aromatic carbocycles. The molecule has 0 saturated heterocycles. The van der Waals surface area contributed by atoms with E-state index in [-0.39, 0.29) is 6.10 Å². The fourth-order valence-electron chi connectivity index (χ4n) is 3.60. The van der Waals surface area contributed by atoms with Crippen molar-refractivity contribution in [3.63, 3.8) is 0 Å². The SMILES string of the molecule is CCCC1CCC(NC2CCC(O)CC2)CC1. The third kappa shape index (κ3) is 4.26. The molecule has 17 heavy (non-hydrogen) atoms. The number of aliphatic hydroxyl groups is 1. The van der Waals surface area contributed by atoms with Crippen molar-refractivity contribution >= 4 is 0 Å². The van der Waals surface area contributed by atoms with Gasteiger partial charge >= 0.3 is 0 Å². The Morgan fingerprint density at radius 3 is 1.94 bits per heavy atom. The summed E-state index contributed by atoms with van der Waals surface area (Å²) in [5.41, 5.74) is 0. The maximum Gasteiger partial charge on any atom is 0.0541 e. The molecule has 0 heterocycles. The highest BCUT2D eigenvalue weighted by Crippen LogP contribution is 2.29. The molecule has 0 radical (unpaired) electrons. The summed E-state index contributed by atoms with van der Waals surface area (Å²) in [5, 5.41) is 13.3. The van der Waals surface area contributed by atoms with Gasteiger partial charge in [-0.2, -0.15) is 0 Å². The van der Waals surface area contributed by atoms with Crippen molar-refractivity contribution in [3.05, 3.63) is 0 Å². The molecule has 2 aliphatic rings. The second kappa shape index (κ2) is 6.75. The average Bonchev–Trinajstić information content (AvgIpc) is 2.35. The van der Waals surface area contributed by atoms with Crippen molar-refractivity contribution in [2.75, 3.05) is 0 Å². The fourth-order valence-corrected chi connectivity index (χ4v) is 3.60. The molecule has 0 bridgehead atoms. The molecule has 0 spiro atoms. The maximum absolute atomic E-state index is 9.50. The van der Waals surface area contributed by atoms with Crippen molar-refractivity contribution in [2.24, 2.45) is 5.92 Å². The zero-order valence-electron chi connectivity index (χ0n) is 11.3. The van der Waals surface area contributed by atoms with Crippen LogP contribution in [-0.4, -0.2) is 23.3 Å². The first kappa shape index (κ1) is 13.4. The Morgan fingerprint density at radius 2 is 1.41 bits per heavy atom. The third-order valence-corrected chi connectivity index (χ3v) is 4.71. The summed E-state index contributed by atoms with van der Waals surface area (Å²) in [6.45, 7) is 2.30. The van der Waals surface area contributed by atoms with E-state index >= 15 is 0 Å². The molecule has 100 valence electrons. The highest BCUT2D eigenvalue weighted by molar-refractivity contribution is 4.83. The van der Waals surface area contributed by atoms with Crippen LogP contribution in [0.15, 0.2) is 0 Å². The van der Waals surface area contributed by atoms with Crippen LogP contribution in [0.25, 0.3) is 0 Å². The molecule has 0 aliphatic heterocycles. The second-order valence-electron chi connectivity index (χ2n) is 6.18. The highest BCUT2D eigenvalue weighted by atomic mass is 16.3. The summed E-state index contributed by atoms with van der Waals surface area (Å²) in [6.07, 6.45) is 12.7. The van der Waals surface area contributed by atoms with E-state index < -0.39 is 0 Å². The van der Waals surface area contributed by atoms with Crippen molar-refractivity contribution in [1.82, 2.24) is 5.32 Å². The lowest BCUT2D eigenvalue weighted by atomic mass is 9.82. The van der Waals surface area contributed by atoms with Gasteiger partial charge in [0.25, 0.3) is 0 Å². The van der Waals surface area contributed by atoms with Gasteiger partial charge in [0, 0.05) is 12.1 Å². The van der Waals surface area contributed by atoms with Crippen molar-refractivity contribution < 1.29 is 5.11 Å². The fraction of sp³-hybridized carbons (Fsp3) is 1.00. The van der Waals surface area contributed by atoms with Gasteiger partial charge in [-0.05, 0) is 57.3 Å². The molecule has 2 aliphatic carbocycles. The summed E-state index contributed by atoms with van der Waals surface area (Å²) < 4.78 is 0. The standard InChI is InChI=1S/C15H29NO/c1-2-3-12-4-6-13(7-5-12)16-14-8-10-15(17)11-9-14/h12-17H,2-11H2,1H3. The van der Waals surface area contributed by atoms with Gasteiger partial charge in [-0.3, -0.25) is 0 Å². The van der Waals surface area contributed by atoms with Crippen LogP contribution < -0.4 is 5.32 Å². The minimum absolute atomic E-state index is 0.0201. The molecule has 0 amide bonds. The van der Waals surface area contributed by atoms with Gasteiger partial charge in [-0.15, -0.1) is 0 Å². The zero-order chi connectivity index (χ0) is 12.1. The van der Waals surface area contributed by atoms with Crippen molar-refractivity contribution in [2.45, 2.75) is 89.3 Å². The van der Waals surface area contributed by atoms with E-state index in [9.17, 15) is 5.11 Å². The van der Waals surface area contributed by atoms with Crippen LogP contribution in [0.1, 0.15) is 71.1 Å². The molecule has 0 aromatic heterocycles. The molecule has 2 rings (SSSR count). The lowest BCUT2D eigenvalue weighted by Crippen LogP contribution is -2.42. The smallest absolute Gasteiger partial charge is 0.0541 e. The minimum Gasteiger partial charge on any atom is -0.393 e. The average molecular weight is 239 g/mol.